The second-order valence-corrected chi connectivity index (χ2v) is 4.20. The molecule has 0 radical (unpaired) electrons. The van der Waals surface area contributed by atoms with Crippen LogP contribution in [0.25, 0.3) is 0 Å². The first kappa shape index (κ1) is 11.6. The maximum absolute atomic E-state index is 11.1. The standard InChI is InChI=1S/C9H16N4O2/c1-5-15-7(14)6-13-11-8(10-12-13)9(2,3)4/h5-6H2,1-4H3. The van der Waals surface area contributed by atoms with Crippen molar-refractivity contribution in [1.82, 2.24) is 20.2 Å². The first-order valence-corrected chi connectivity index (χ1v) is 4.87. The molecule has 0 aliphatic rings. The van der Waals surface area contributed by atoms with Crippen molar-refractivity contribution in [2.75, 3.05) is 6.61 Å². The third-order valence-electron chi connectivity index (χ3n) is 1.70. The lowest BCUT2D eigenvalue weighted by Gasteiger charge is -2.11. The lowest BCUT2D eigenvalue weighted by molar-refractivity contribution is -0.144. The van der Waals surface area contributed by atoms with Crippen molar-refractivity contribution in [2.45, 2.75) is 39.7 Å². The van der Waals surface area contributed by atoms with E-state index >= 15 is 0 Å². The number of aromatic nitrogens is 4. The Morgan fingerprint density at radius 1 is 1.47 bits per heavy atom. The zero-order valence-electron chi connectivity index (χ0n) is 9.52. The summed E-state index contributed by atoms with van der Waals surface area (Å²) in [5.41, 5.74) is -0.160. The van der Waals surface area contributed by atoms with Gasteiger partial charge in [0.15, 0.2) is 12.4 Å². The van der Waals surface area contributed by atoms with Gasteiger partial charge in [0.05, 0.1) is 6.61 Å². The summed E-state index contributed by atoms with van der Waals surface area (Å²) in [4.78, 5) is 12.4. The van der Waals surface area contributed by atoms with Crippen molar-refractivity contribution >= 4 is 5.97 Å². The van der Waals surface area contributed by atoms with E-state index in [1.807, 2.05) is 20.8 Å². The molecule has 0 aliphatic heterocycles. The molecule has 0 saturated heterocycles. The van der Waals surface area contributed by atoms with Crippen LogP contribution in [0.15, 0.2) is 0 Å². The fraction of sp³-hybridized carbons (Fsp3) is 0.778. The average molecular weight is 212 g/mol. The lowest BCUT2D eigenvalue weighted by atomic mass is 9.96. The monoisotopic (exact) mass is 212 g/mol. The number of carbonyl (C=O) groups excluding carboxylic acids is 1. The van der Waals surface area contributed by atoms with E-state index in [-0.39, 0.29) is 17.9 Å². The summed E-state index contributed by atoms with van der Waals surface area (Å²) in [5, 5.41) is 11.8. The van der Waals surface area contributed by atoms with Crippen LogP contribution in [-0.4, -0.2) is 32.8 Å². The molecule has 0 unspecified atom stereocenters. The summed E-state index contributed by atoms with van der Waals surface area (Å²) < 4.78 is 4.77. The van der Waals surface area contributed by atoms with Gasteiger partial charge in [0, 0.05) is 5.41 Å². The van der Waals surface area contributed by atoms with Crippen LogP contribution in [0.1, 0.15) is 33.5 Å². The van der Waals surface area contributed by atoms with E-state index in [1.54, 1.807) is 6.92 Å². The number of rotatable bonds is 3. The summed E-state index contributed by atoms with van der Waals surface area (Å²) in [6, 6.07) is 0. The van der Waals surface area contributed by atoms with E-state index in [0.29, 0.717) is 12.4 Å². The molecule has 0 aromatic carbocycles. The largest absolute Gasteiger partial charge is 0.465 e. The highest BCUT2D eigenvalue weighted by Gasteiger charge is 2.20. The third kappa shape index (κ3) is 3.30. The average Bonchev–Trinajstić information content (AvgIpc) is 2.52. The summed E-state index contributed by atoms with van der Waals surface area (Å²) in [6.07, 6.45) is 0. The zero-order chi connectivity index (χ0) is 11.5. The second-order valence-electron chi connectivity index (χ2n) is 4.20. The van der Waals surface area contributed by atoms with Gasteiger partial charge in [-0.2, -0.15) is 4.80 Å². The molecule has 1 aromatic heterocycles. The molecule has 0 bridgehead atoms. The molecular formula is C9H16N4O2. The Bertz CT molecular complexity index is 340. The van der Waals surface area contributed by atoms with Gasteiger partial charge < -0.3 is 4.74 Å². The Labute approximate surface area is 88.6 Å². The third-order valence-corrected chi connectivity index (χ3v) is 1.70. The Morgan fingerprint density at radius 2 is 2.13 bits per heavy atom. The second kappa shape index (κ2) is 4.37. The molecule has 1 aromatic rings. The Hall–Kier alpha value is -1.46. The molecule has 15 heavy (non-hydrogen) atoms. The van der Waals surface area contributed by atoms with E-state index in [9.17, 15) is 4.79 Å². The van der Waals surface area contributed by atoms with Crippen LogP contribution in [-0.2, 0) is 21.5 Å². The minimum absolute atomic E-state index is 0.0108. The zero-order valence-corrected chi connectivity index (χ0v) is 9.52. The molecule has 0 amide bonds. The predicted octanol–water partition coefficient (Wildman–Crippen LogP) is 0.534. The fourth-order valence-corrected chi connectivity index (χ4v) is 0.932. The van der Waals surface area contributed by atoms with Crippen molar-refractivity contribution in [3.63, 3.8) is 0 Å². The molecule has 0 aliphatic carbocycles. The molecule has 1 heterocycles. The highest BCUT2D eigenvalue weighted by molar-refractivity contribution is 5.68. The number of carbonyl (C=O) groups is 1. The minimum atomic E-state index is -0.352. The Balaban J connectivity index is 2.65. The van der Waals surface area contributed by atoms with Crippen LogP contribution in [0.2, 0.25) is 0 Å². The molecule has 84 valence electrons. The van der Waals surface area contributed by atoms with E-state index in [1.165, 1.54) is 4.80 Å². The molecular weight excluding hydrogens is 196 g/mol. The molecule has 0 N–H and O–H groups in total. The van der Waals surface area contributed by atoms with Gasteiger partial charge in [-0.25, -0.2) is 4.79 Å². The van der Waals surface area contributed by atoms with Gasteiger partial charge in [0.1, 0.15) is 0 Å². The van der Waals surface area contributed by atoms with Crippen molar-refractivity contribution in [3.05, 3.63) is 5.82 Å². The van der Waals surface area contributed by atoms with Crippen molar-refractivity contribution in [3.8, 4) is 0 Å². The van der Waals surface area contributed by atoms with Gasteiger partial charge in [-0.3, -0.25) is 0 Å². The highest BCUT2D eigenvalue weighted by Crippen LogP contribution is 2.15. The van der Waals surface area contributed by atoms with Gasteiger partial charge >= 0.3 is 5.97 Å². The van der Waals surface area contributed by atoms with Crippen molar-refractivity contribution < 1.29 is 9.53 Å². The molecule has 0 spiro atoms. The Kier molecular flexibility index (Phi) is 3.39. The minimum Gasteiger partial charge on any atom is -0.465 e. The maximum Gasteiger partial charge on any atom is 0.329 e. The molecule has 6 heteroatoms. The molecule has 0 fully saturated rings. The fourth-order valence-electron chi connectivity index (χ4n) is 0.932. The highest BCUT2D eigenvalue weighted by atomic mass is 16.5. The first-order valence-electron chi connectivity index (χ1n) is 4.87. The number of hydrogen-bond acceptors (Lipinski definition) is 5. The van der Waals surface area contributed by atoms with E-state index in [2.05, 4.69) is 15.4 Å². The van der Waals surface area contributed by atoms with Crippen LogP contribution in [0.4, 0.5) is 0 Å². The van der Waals surface area contributed by atoms with Gasteiger partial charge in [0.25, 0.3) is 0 Å². The Morgan fingerprint density at radius 3 is 2.60 bits per heavy atom. The molecule has 6 nitrogen and oxygen atoms in total. The summed E-state index contributed by atoms with van der Waals surface area (Å²) in [6.45, 7) is 8.08. The van der Waals surface area contributed by atoms with Crippen LogP contribution < -0.4 is 0 Å². The van der Waals surface area contributed by atoms with Gasteiger partial charge in [0.2, 0.25) is 0 Å². The normalized spacial score (nSPS) is 11.5. The molecule has 0 atom stereocenters. The number of nitrogens with zero attached hydrogens (tertiary/aromatic N) is 4. The van der Waals surface area contributed by atoms with Crippen LogP contribution in [0.3, 0.4) is 0 Å². The van der Waals surface area contributed by atoms with E-state index < -0.39 is 0 Å². The van der Waals surface area contributed by atoms with Gasteiger partial charge in [-0.05, 0) is 12.1 Å². The predicted molar refractivity (Wildman–Crippen MR) is 53.2 cm³/mol. The number of hydrogen-bond donors (Lipinski definition) is 0. The lowest BCUT2D eigenvalue weighted by Crippen LogP contribution is -2.17. The van der Waals surface area contributed by atoms with Gasteiger partial charge in [-0.15, -0.1) is 10.2 Å². The number of ether oxygens (including phenoxy) is 1. The van der Waals surface area contributed by atoms with Crippen molar-refractivity contribution in [1.29, 1.82) is 0 Å². The summed E-state index contributed by atoms with van der Waals surface area (Å²) in [7, 11) is 0. The van der Waals surface area contributed by atoms with Gasteiger partial charge in [-0.1, -0.05) is 20.8 Å². The maximum atomic E-state index is 11.1. The first-order chi connectivity index (χ1) is 6.93. The molecule has 0 saturated carbocycles. The molecule has 1 rings (SSSR count). The number of tetrazole rings is 1. The van der Waals surface area contributed by atoms with Crippen LogP contribution >= 0.6 is 0 Å². The summed E-state index contributed by atoms with van der Waals surface area (Å²) >= 11 is 0. The number of esters is 1. The smallest absolute Gasteiger partial charge is 0.329 e. The van der Waals surface area contributed by atoms with Crippen molar-refractivity contribution in [2.24, 2.45) is 0 Å². The van der Waals surface area contributed by atoms with E-state index in [4.69, 9.17) is 4.74 Å². The van der Waals surface area contributed by atoms with E-state index in [0.717, 1.165) is 0 Å². The van der Waals surface area contributed by atoms with Crippen LogP contribution in [0.5, 0.6) is 0 Å². The SMILES string of the molecule is CCOC(=O)Cn1nnc(C(C)(C)C)n1. The van der Waals surface area contributed by atoms with Crippen LogP contribution in [0, 0.1) is 0 Å². The quantitative estimate of drug-likeness (QED) is 0.684. The summed E-state index contributed by atoms with van der Waals surface area (Å²) in [5.74, 6) is 0.266. The topological polar surface area (TPSA) is 69.9 Å².